The Labute approximate surface area is 134 Å². The predicted molar refractivity (Wildman–Crippen MR) is 78.5 cm³/mol. The number of amides is 1. The smallest absolute Gasteiger partial charge is 0.339 e. The maximum absolute atomic E-state index is 13.1. The van der Waals surface area contributed by atoms with Gasteiger partial charge in [0.05, 0.1) is 11.1 Å². The molecule has 2 rings (SSSR count). The van der Waals surface area contributed by atoms with Gasteiger partial charge in [-0.25, -0.2) is 0 Å². The Bertz CT molecular complexity index is 527. The molecule has 0 bridgehead atoms. The van der Waals surface area contributed by atoms with Crippen LogP contribution in [0.5, 0.6) is 0 Å². The minimum atomic E-state index is -4.55. The Kier molecular flexibility index (Phi) is 5.20. The summed E-state index contributed by atoms with van der Waals surface area (Å²) in [4.78, 5) is 13.8. The van der Waals surface area contributed by atoms with Crippen LogP contribution in [0.2, 0.25) is 0 Å². The minimum absolute atomic E-state index is 0.296. The van der Waals surface area contributed by atoms with E-state index in [4.69, 9.17) is 11.6 Å². The van der Waals surface area contributed by atoms with Crippen molar-refractivity contribution in [3.05, 3.63) is 33.8 Å². The number of rotatable bonds is 2. The zero-order valence-corrected chi connectivity index (χ0v) is 13.4. The Hall–Kier alpha value is -0.750. The first-order chi connectivity index (χ1) is 9.82. The number of halogens is 5. The molecular formula is C14H14BrClF3NO. The van der Waals surface area contributed by atoms with Crippen molar-refractivity contribution in [1.82, 2.24) is 4.90 Å². The minimum Gasteiger partial charge on any atom is -0.339 e. The maximum atomic E-state index is 13.1. The number of benzene rings is 1. The first kappa shape index (κ1) is 16.6. The quantitative estimate of drug-likeness (QED) is 0.685. The van der Waals surface area contributed by atoms with Crippen LogP contribution in [-0.4, -0.2) is 29.8 Å². The molecule has 1 aromatic rings. The van der Waals surface area contributed by atoms with Crippen LogP contribution in [0.1, 0.15) is 28.8 Å². The largest absolute Gasteiger partial charge is 0.417 e. The summed E-state index contributed by atoms with van der Waals surface area (Å²) in [6.07, 6.45) is -3.09. The molecule has 0 N–H and O–H groups in total. The first-order valence-corrected chi connectivity index (χ1v) is 7.87. The molecule has 7 heteroatoms. The third-order valence-corrected chi connectivity index (χ3v) is 4.57. The molecule has 2 nitrogen and oxygen atoms in total. The van der Waals surface area contributed by atoms with Crippen molar-refractivity contribution >= 4 is 33.4 Å². The topological polar surface area (TPSA) is 20.3 Å². The second kappa shape index (κ2) is 6.57. The summed E-state index contributed by atoms with van der Waals surface area (Å²) < 4.78 is 39.5. The Balaban J connectivity index is 2.24. The fraction of sp³-hybridized carbons (Fsp3) is 0.500. The van der Waals surface area contributed by atoms with Gasteiger partial charge in [-0.05, 0) is 37.0 Å². The van der Waals surface area contributed by atoms with Crippen LogP contribution in [0.25, 0.3) is 0 Å². The van der Waals surface area contributed by atoms with E-state index < -0.39 is 17.6 Å². The van der Waals surface area contributed by atoms with Gasteiger partial charge >= 0.3 is 6.18 Å². The highest BCUT2D eigenvalue weighted by Gasteiger charge is 2.37. The summed E-state index contributed by atoms with van der Waals surface area (Å²) in [5.74, 6) is 0.291. The molecule has 0 unspecified atom stereocenters. The molecule has 1 saturated heterocycles. The van der Waals surface area contributed by atoms with Crippen LogP contribution in [0.15, 0.2) is 22.7 Å². The molecule has 116 valence electrons. The van der Waals surface area contributed by atoms with Gasteiger partial charge in [0.2, 0.25) is 0 Å². The molecule has 1 fully saturated rings. The van der Waals surface area contributed by atoms with E-state index >= 15 is 0 Å². The molecule has 21 heavy (non-hydrogen) atoms. The lowest BCUT2D eigenvalue weighted by atomic mass is 9.97. The number of piperidine rings is 1. The molecule has 0 radical (unpaired) electrons. The van der Waals surface area contributed by atoms with E-state index in [2.05, 4.69) is 15.9 Å². The standard InChI is InChI=1S/C14H14BrClF3NO/c15-10-1-2-11(12(7-10)14(17,18)19)13(21)20-5-3-9(8-16)4-6-20/h1-2,7,9H,3-6,8H2. The van der Waals surface area contributed by atoms with Gasteiger partial charge in [-0.1, -0.05) is 15.9 Å². The predicted octanol–water partition coefficient (Wildman–Crippen LogP) is 4.56. The number of hydrogen-bond acceptors (Lipinski definition) is 1. The van der Waals surface area contributed by atoms with Crippen LogP contribution < -0.4 is 0 Å². The van der Waals surface area contributed by atoms with E-state index in [9.17, 15) is 18.0 Å². The number of carbonyl (C=O) groups is 1. The van der Waals surface area contributed by atoms with Crippen LogP contribution in [0.3, 0.4) is 0 Å². The maximum Gasteiger partial charge on any atom is 0.417 e. The second-order valence-corrected chi connectivity index (χ2v) is 6.30. The lowest BCUT2D eigenvalue weighted by Crippen LogP contribution is -2.39. The number of hydrogen-bond donors (Lipinski definition) is 0. The molecule has 0 aliphatic carbocycles. The monoisotopic (exact) mass is 383 g/mol. The van der Waals surface area contributed by atoms with Crippen molar-refractivity contribution in [3.63, 3.8) is 0 Å². The summed E-state index contributed by atoms with van der Waals surface area (Å²) in [7, 11) is 0. The van der Waals surface area contributed by atoms with Crippen LogP contribution in [-0.2, 0) is 6.18 Å². The lowest BCUT2D eigenvalue weighted by molar-refractivity contribution is -0.138. The van der Waals surface area contributed by atoms with E-state index in [1.807, 2.05) is 0 Å². The van der Waals surface area contributed by atoms with Gasteiger partial charge in [-0.3, -0.25) is 4.79 Å². The van der Waals surface area contributed by atoms with E-state index in [1.54, 1.807) is 0 Å². The summed E-state index contributed by atoms with van der Waals surface area (Å²) in [5.41, 5.74) is -1.20. The van der Waals surface area contributed by atoms with Crippen molar-refractivity contribution in [2.45, 2.75) is 19.0 Å². The lowest BCUT2D eigenvalue weighted by Gasteiger charge is -2.31. The van der Waals surface area contributed by atoms with Gasteiger partial charge in [0.1, 0.15) is 0 Å². The molecular weight excluding hydrogens is 371 g/mol. The highest BCUT2D eigenvalue weighted by Crippen LogP contribution is 2.35. The van der Waals surface area contributed by atoms with Crippen molar-refractivity contribution in [2.75, 3.05) is 19.0 Å². The van der Waals surface area contributed by atoms with Crippen LogP contribution >= 0.6 is 27.5 Å². The molecule has 1 heterocycles. The van der Waals surface area contributed by atoms with E-state index in [-0.39, 0.29) is 5.56 Å². The highest BCUT2D eigenvalue weighted by atomic mass is 79.9. The van der Waals surface area contributed by atoms with Crippen LogP contribution in [0, 0.1) is 5.92 Å². The average molecular weight is 385 g/mol. The van der Waals surface area contributed by atoms with Gasteiger partial charge < -0.3 is 4.90 Å². The number of likely N-dealkylation sites (tertiary alicyclic amines) is 1. The Morgan fingerprint density at radius 2 is 1.95 bits per heavy atom. The van der Waals surface area contributed by atoms with Crippen molar-refractivity contribution < 1.29 is 18.0 Å². The number of nitrogens with zero attached hydrogens (tertiary/aromatic N) is 1. The van der Waals surface area contributed by atoms with Gasteiger partial charge in [0.25, 0.3) is 5.91 Å². The average Bonchev–Trinajstić information content (AvgIpc) is 2.45. The highest BCUT2D eigenvalue weighted by molar-refractivity contribution is 9.10. The summed E-state index contributed by atoms with van der Waals surface area (Å²) >= 11 is 8.78. The van der Waals surface area contributed by atoms with Gasteiger partial charge in [0.15, 0.2) is 0 Å². The Morgan fingerprint density at radius 1 is 1.33 bits per heavy atom. The molecule has 1 aromatic carbocycles. The SMILES string of the molecule is O=C(c1ccc(Br)cc1C(F)(F)F)N1CCC(CCl)CC1. The zero-order chi connectivity index (χ0) is 15.6. The molecule has 0 atom stereocenters. The summed E-state index contributed by atoms with van der Waals surface area (Å²) in [6.45, 7) is 0.896. The Morgan fingerprint density at radius 3 is 2.48 bits per heavy atom. The molecule has 1 aliphatic rings. The van der Waals surface area contributed by atoms with E-state index in [0.29, 0.717) is 29.4 Å². The van der Waals surface area contributed by atoms with Gasteiger partial charge in [-0.15, -0.1) is 11.6 Å². The van der Waals surface area contributed by atoms with E-state index in [1.165, 1.54) is 17.0 Å². The molecule has 0 aromatic heterocycles. The summed E-state index contributed by atoms with van der Waals surface area (Å²) in [5, 5.41) is 0. The second-order valence-electron chi connectivity index (χ2n) is 5.08. The third kappa shape index (κ3) is 3.92. The third-order valence-electron chi connectivity index (χ3n) is 3.64. The zero-order valence-electron chi connectivity index (χ0n) is 11.1. The number of carbonyl (C=O) groups excluding carboxylic acids is 1. The van der Waals surface area contributed by atoms with Crippen molar-refractivity contribution in [2.24, 2.45) is 5.92 Å². The molecule has 0 saturated carbocycles. The molecule has 0 spiro atoms. The first-order valence-electron chi connectivity index (χ1n) is 6.55. The molecule has 1 amide bonds. The fourth-order valence-corrected chi connectivity index (χ4v) is 3.07. The van der Waals surface area contributed by atoms with Gasteiger partial charge in [-0.2, -0.15) is 13.2 Å². The fourth-order valence-electron chi connectivity index (χ4n) is 2.40. The number of alkyl halides is 4. The summed E-state index contributed by atoms with van der Waals surface area (Å²) in [6, 6.07) is 3.62. The molecule has 1 aliphatic heterocycles. The van der Waals surface area contributed by atoms with Crippen molar-refractivity contribution in [3.8, 4) is 0 Å². The van der Waals surface area contributed by atoms with Crippen LogP contribution in [0.4, 0.5) is 13.2 Å². The van der Waals surface area contributed by atoms with E-state index in [0.717, 1.165) is 18.9 Å². The normalized spacial score (nSPS) is 17.1. The van der Waals surface area contributed by atoms with Crippen molar-refractivity contribution in [1.29, 1.82) is 0 Å². The van der Waals surface area contributed by atoms with Gasteiger partial charge in [0, 0.05) is 23.4 Å².